The number of ether oxygens (including phenoxy) is 1. The summed E-state index contributed by atoms with van der Waals surface area (Å²) in [5.74, 6) is 5.50. The molecule has 0 bridgehead atoms. The van der Waals surface area contributed by atoms with Gasteiger partial charge in [0.2, 0.25) is 0 Å². The van der Waals surface area contributed by atoms with E-state index in [2.05, 4.69) is 10.8 Å². The Kier molecular flexibility index (Phi) is 3.49. The molecule has 2 N–H and O–H groups in total. The number of amides is 1. The van der Waals surface area contributed by atoms with Crippen molar-refractivity contribution in [1.82, 2.24) is 5.01 Å². The summed E-state index contributed by atoms with van der Waals surface area (Å²) in [5.41, 5.74) is 1.16. The number of rotatable bonds is 2. The molecule has 1 aromatic rings. The zero-order valence-electron chi connectivity index (χ0n) is 8.53. The Balaban J connectivity index is 2.69. The smallest absolute Gasteiger partial charge is 0.424 e. The van der Waals surface area contributed by atoms with E-state index in [4.69, 9.17) is 5.84 Å². The molecule has 1 rings (SSSR count). The fourth-order valence-electron chi connectivity index (χ4n) is 1.18. The molecule has 1 heterocycles. The van der Waals surface area contributed by atoms with Crippen LogP contribution in [0.3, 0.4) is 0 Å². The maximum Gasteiger partial charge on any atom is 0.424 e. The maximum absolute atomic E-state index is 11.0. The van der Waals surface area contributed by atoms with Crippen LogP contribution in [0.4, 0.5) is 4.79 Å². The van der Waals surface area contributed by atoms with Gasteiger partial charge in [-0.05, 0) is 25.5 Å². The zero-order chi connectivity index (χ0) is 10.7. The third-order valence-corrected chi connectivity index (χ3v) is 3.00. The van der Waals surface area contributed by atoms with Crippen LogP contribution in [-0.2, 0) is 11.3 Å². The average Bonchev–Trinajstić information content (AvgIpc) is 2.44. The van der Waals surface area contributed by atoms with Gasteiger partial charge in [-0.2, -0.15) is 0 Å². The summed E-state index contributed by atoms with van der Waals surface area (Å²) in [5, 5.41) is 1.07. The standard InChI is InChI=1S/C9H14N2O2S/c1-6-4-7(2)14-8(6)5-11(10)9(12)13-3/h4H,5,10H2,1-3H3. The third kappa shape index (κ3) is 2.46. The van der Waals surface area contributed by atoms with Crippen LogP contribution >= 0.6 is 11.3 Å². The van der Waals surface area contributed by atoms with Gasteiger partial charge in [-0.25, -0.2) is 15.6 Å². The monoisotopic (exact) mass is 214 g/mol. The first-order valence-corrected chi connectivity index (χ1v) is 5.02. The van der Waals surface area contributed by atoms with E-state index < -0.39 is 6.09 Å². The van der Waals surface area contributed by atoms with Gasteiger partial charge in [0.05, 0.1) is 13.7 Å². The van der Waals surface area contributed by atoms with Crippen molar-refractivity contribution >= 4 is 17.4 Å². The maximum atomic E-state index is 11.0. The number of hydrogen-bond donors (Lipinski definition) is 1. The highest BCUT2D eigenvalue weighted by Gasteiger charge is 2.12. The molecular weight excluding hydrogens is 200 g/mol. The van der Waals surface area contributed by atoms with Gasteiger partial charge >= 0.3 is 6.09 Å². The topological polar surface area (TPSA) is 55.6 Å². The number of hydrogen-bond acceptors (Lipinski definition) is 4. The van der Waals surface area contributed by atoms with Gasteiger partial charge < -0.3 is 4.74 Å². The number of hydrazine groups is 1. The van der Waals surface area contributed by atoms with Gasteiger partial charge in [-0.3, -0.25) is 0 Å². The lowest BCUT2D eigenvalue weighted by molar-refractivity contribution is 0.121. The molecule has 0 radical (unpaired) electrons. The Labute approximate surface area is 87.2 Å². The Hall–Kier alpha value is -1.07. The van der Waals surface area contributed by atoms with Crippen molar-refractivity contribution in [2.75, 3.05) is 7.11 Å². The van der Waals surface area contributed by atoms with Crippen molar-refractivity contribution in [3.8, 4) is 0 Å². The molecule has 0 saturated heterocycles. The Morgan fingerprint density at radius 2 is 2.29 bits per heavy atom. The second kappa shape index (κ2) is 4.43. The lowest BCUT2D eigenvalue weighted by Gasteiger charge is -2.13. The molecule has 4 nitrogen and oxygen atoms in total. The molecule has 0 aliphatic rings. The summed E-state index contributed by atoms with van der Waals surface area (Å²) < 4.78 is 4.50. The molecule has 0 aliphatic heterocycles. The second-order valence-corrected chi connectivity index (χ2v) is 4.40. The van der Waals surface area contributed by atoms with Crippen LogP contribution in [0.2, 0.25) is 0 Å². The van der Waals surface area contributed by atoms with E-state index in [0.717, 1.165) is 15.4 Å². The third-order valence-electron chi connectivity index (χ3n) is 1.87. The van der Waals surface area contributed by atoms with Crippen LogP contribution < -0.4 is 5.84 Å². The summed E-state index contributed by atoms with van der Waals surface area (Å²) in [7, 11) is 1.31. The molecule has 0 aliphatic carbocycles. The fourth-order valence-corrected chi connectivity index (χ4v) is 2.23. The normalized spacial score (nSPS) is 10.0. The number of carbonyl (C=O) groups is 1. The predicted molar refractivity (Wildman–Crippen MR) is 55.9 cm³/mol. The Bertz CT molecular complexity index is 336. The molecule has 0 atom stereocenters. The van der Waals surface area contributed by atoms with Crippen molar-refractivity contribution in [2.24, 2.45) is 5.84 Å². The van der Waals surface area contributed by atoms with Crippen LogP contribution in [0.15, 0.2) is 6.07 Å². The first kappa shape index (κ1) is 11.0. The lowest BCUT2D eigenvalue weighted by atomic mass is 10.3. The number of carbonyl (C=O) groups excluding carboxylic acids is 1. The molecule has 14 heavy (non-hydrogen) atoms. The molecule has 0 spiro atoms. The minimum atomic E-state index is -0.518. The van der Waals surface area contributed by atoms with E-state index in [1.54, 1.807) is 11.3 Å². The van der Waals surface area contributed by atoms with Crippen LogP contribution in [0, 0.1) is 13.8 Å². The predicted octanol–water partition coefficient (Wildman–Crippen LogP) is 1.81. The average molecular weight is 214 g/mol. The van der Waals surface area contributed by atoms with Crippen LogP contribution in [0.1, 0.15) is 15.3 Å². The highest BCUT2D eigenvalue weighted by molar-refractivity contribution is 7.12. The lowest BCUT2D eigenvalue weighted by Crippen LogP contribution is -2.36. The van der Waals surface area contributed by atoms with Gasteiger partial charge in [0, 0.05) is 9.75 Å². The molecular formula is C9H14N2O2S. The van der Waals surface area contributed by atoms with E-state index in [9.17, 15) is 4.79 Å². The van der Waals surface area contributed by atoms with Crippen LogP contribution in [-0.4, -0.2) is 18.2 Å². The van der Waals surface area contributed by atoms with Crippen molar-refractivity contribution in [3.63, 3.8) is 0 Å². The molecule has 0 aromatic carbocycles. The highest BCUT2D eigenvalue weighted by atomic mass is 32.1. The summed E-state index contributed by atoms with van der Waals surface area (Å²) in [4.78, 5) is 13.3. The Morgan fingerprint density at radius 3 is 2.71 bits per heavy atom. The molecule has 0 fully saturated rings. The quantitative estimate of drug-likeness (QED) is 0.464. The second-order valence-electron chi connectivity index (χ2n) is 3.06. The summed E-state index contributed by atoms with van der Waals surface area (Å²) >= 11 is 1.64. The number of nitrogens with two attached hydrogens (primary N) is 1. The summed E-state index contributed by atoms with van der Waals surface area (Å²) in [6, 6.07) is 2.07. The number of thiophene rings is 1. The SMILES string of the molecule is COC(=O)N(N)Cc1sc(C)cc1C. The van der Waals surface area contributed by atoms with E-state index in [1.807, 2.05) is 13.8 Å². The van der Waals surface area contributed by atoms with Gasteiger partial charge in [0.15, 0.2) is 0 Å². The van der Waals surface area contributed by atoms with Crippen molar-refractivity contribution in [3.05, 3.63) is 21.4 Å². The molecule has 1 amide bonds. The van der Waals surface area contributed by atoms with Gasteiger partial charge in [0.25, 0.3) is 0 Å². The first-order chi connectivity index (χ1) is 6.54. The molecule has 0 unspecified atom stereocenters. The number of aryl methyl sites for hydroxylation is 2. The minimum absolute atomic E-state index is 0.400. The van der Waals surface area contributed by atoms with E-state index in [-0.39, 0.29) is 0 Å². The van der Waals surface area contributed by atoms with E-state index in [0.29, 0.717) is 6.54 Å². The highest BCUT2D eigenvalue weighted by Crippen LogP contribution is 2.21. The van der Waals surface area contributed by atoms with Crippen LogP contribution in [0.25, 0.3) is 0 Å². The van der Waals surface area contributed by atoms with E-state index >= 15 is 0 Å². The molecule has 5 heteroatoms. The number of nitrogens with zero attached hydrogens (tertiary/aromatic N) is 1. The Morgan fingerprint density at radius 1 is 1.64 bits per heavy atom. The van der Waals surface area contributed by atoms with Crippen molar-refractivity contribution < 1.29 is 9.53 Å². The van der Waals surface area contributed by atoms with Gasteiger partial charge in [-0.1, -0.05) is 0 Å². The molecule has 1 aromatic heterocycles. The van der Waals surface area contributed by atoms with E-state index in [1.165, 1.54) is 12.0 Å². The fraction of sp³-hybridized carbons (Fsp3) is 0.444. The zero-order valence-corrected chi connectivity index (χ0v) is 9.35. The summed E-state index contributed by atoms with van der Waals surface area (Å²) in [6.07, 6.45) is -0.518. The van der Waals surface area contributed by atoms with Gasteiger partial charge in [0.1, 0.15) is 0 Å². The van der Waals surface area contributed by atoms with Crippen molar-refractivity contribution in [1.29, 1.82) is 0 Å². The molecule has 78 valence electrons. The summed E-state index contributed by atoms with van der Waals surface area (Å²) in [6.45, 7) is 4.43. The number of methoxy groups -OCH3 is 1. The first-order valence-electron chi connectivity index (χ1n) is 4.20. The van der Waals surface area contributed by atoms with Crippen molar-refractivity contribution in [2.45, 2.75) is 20.4 Å². The minimum Gasteiger partial charge on any atom is -0.452 e. The largest absolute Gasteiger partial charge is 0.452 e. The molecule has 0 saturated carbocycles. The van der Waals surface area contributed by atoms with Gasteiger partial charge in [-0.15, -0.1) is 11.3 Å². The van der Waals surface area contributed by atoms with Crippen LogP contribution in [0.5, 0.6) is 0 Å².